The van der Waals surface area contributed by atoms with Gasteiger partial charge in [-0.05, 0) is 52.7 Å². The predicted octanol–water partition coefficient (Wildman–Crippen LogP) is 3.54. The lowest BCUT2D eigenvalue weighted by Gasteiger charge is -2.12. The van der Waals surface area contributed by atoms with Crippen molar-refractivity contribution in [3.05, 3.63) is 52.0 Å². The van der Waals surface area contributed by atoms with E-state index in [9.17, 15) is 22.3 Å². The third-order valence-corrected chi connectivity index (χ3v) is 5.01. The van der Waals surface area contributed by atoms with E-state index in [0.717, 1.165) is 6.07 Å². The van der Waals surface area contributed by atoms with Gasteiger partial charge in [0.05, 0.1) is 5.69 Å². The van der Waals surface area contributed by atoms with Crippen molar-refractivity contribution in [1.29, 1.82) is 0 Å². The Kier molecular flexibility index (Phi) is 4.20. The van der Waals surface area contributed by atoms with Crippen LogP contribution in [0, 0.1) is 18.6 Å². The quantitative estimate of drug-likeness (QED) is 0.803. The summed E-state index contributed by atoms with van der Waals surface area (Å²) in [5.41, 5.74) is 0.639. The minimum Gasteiger partial charge on any atom is -0.508 e. The molecule has 2 aromatic carbocycles. The number of phenolic OH excluding ortho intramolecular Hbond substituents is 1. The number of anilines is 1. The number of halogens is 3. The summed E-state index contributed by atoms with van der Waals surface area (Å²) in [6.07, 6.45) is 0. The Morgan fingerprint density at radius 1 is 1.19 bits per heavy atom. The molecule has 0 unspecified atom stereocenters. The third kappa shape index (κ3) is 3.33. The molecule has 21 heavy (non-hydrogen) atoms. The highest BCUT2D eigenvalue weighted by molar-refractivity contribution is 9.10. The molecule has 0 amide bonds. The van der Waals surface area contributed by atoms with Crippen molar-refractivity contribution in [1.82, 2.24) is 0 Å². The molecule has 0 radical (unpaired) electrons. The average Bonchev–Trinajstić information content (AvgIpc) is 2.30. The molecule has 0 saturated heterocycles. The number of hydrogen-bond donors (Lipinski definition) is 2. The summed E-state index contributed by atoms with van der Waals surface area (Å²) < 4.78 is 53.2. The van der Waals surface area contributed by atoms with Gasteiger partial charge in [0.25, 0.3) is 10.0 Å². The number of nitrogens with one attached hydrogen (secondary N) is 1. The highest BCUT2D eigenvalue weighted by Gasteiger charge is 2.24. The maximum atomic E-state index is 13.7. The largest absolute Gasteiger partial charge is 0.508 e. The van der Waals surface area contributed by atoms with Gasteiger partial charge in [0.15, 0.2) is 0 Å². The molecule has 2 aromatic rings. The standard InChI is InChI=1S/C13H10BrF2NO3S/c1-7-4-9(18)2-3-12(7)17-21(19,20)13-10(14)5-8(15)6-11(13)16/h2-6,17-18H,1H3. The van der Waals surface area contributed by atoms with E-state index < -0.39 is 26.6 Å². The van der Waals surface area contributed by atoms with Crippen LogP contribution >= 0.6 is 15.9 Å². The second-order valence-corrected chi connectivity index (χ2v) is 6.78. The number of aryl methyl sites for hydroxylation is 1. The maximum Gasteiger partial charge on any atom is 0.265 e. The average molecular weight is 378 g/mol. The van der Waals surface area contributed by atoms with Crippen LogP contribution in [0.1, 0.15) is 5.56 Å². The van der Waals surface area contributed by atoms with E-state index in [-0.39, 0.29) is 15.9 Å². The van der Waals surface area contributed by atoms with Gasteiger partial charge in [-0.1, -0.05) is 0 Å². The molecule has 0 aromatic heterocycles. The second kappa shape index (κ2) is 5.61. The van der Waals surface area contributed by atoms with E-state index in [1.165, 1.54) is 18.2 Å². The number of hydrogen-bond acceptors (Lipinski definition) is 3. The minimum atomic E-state index is -4.25. The Hall–Kier alpha value is -1.67. The van der Waals surface area contributed by atoms with Crippen LogP contribution in [0.25, 0.3) is 0 Å². The van der Waals surface area contributed by atoms with E-state index >= 15 is 0 Å². The Bertz CT molecular complexity index is 786. The summed E-state index contributed by atoms with van der Waals surface area (Å²) in [5, 5.41) is 9.29. The first kappa shape index (κ1) is 15.7. The summed E-state index contributed by atoms with van der Waals surface area (Å²) >= 11 is 2.84. The lowest BCUT2D eigenvalue weighted by Crippen LogP contribution is -2.16. The van der Waals surface area contributed by atoms with Gasteiger partial charge in [0.1, 0.15) is 22.3 Å². The van der Waals surface area contributed by atoms with Gasteiger partial charge in [0.2, 0.25) is 0 Å². The number of rotatable bonds is 3. The van der Waals surface area contributed by atoms with Crippen molar-refractivity contribution in [2.24, 2.45) is 0 Å². The topological polar surface area (TPSA) is 66.4 Å². The molecule has 0 bridgehead atoms. The van der Waals surface area contributed by atoms with E-state index in [1.807, 2.05) is 0 Å². The molecule has 0 spiro atoms. The zero-order valence-corrected chi connectivity index (χ0v) is 13.1. The Labute approximate surface area is 128 Å². The van der Waals surface area contributed by atoms with Crippen LogP contribution in [0.15, 0.2) is 39.7 Å². The van der Waals surface area contributed by atoms with Crippen molar-refractivity contribution >= 4 is 31.6 Å². The first-order chi connectivity index (χ1) is 9.70. The molecule has 0 aliphatic carbocycles. The monoisotopic (exact) mass is 377 g/mol. The van der Waals surface area contributed by atoms with E-state index in [2.05, 4.69) is 20.7 Å². The van der Waals surface area contributed by atoms with Gasteiger partial charge in [-0.2, -0.15) is 0 Å². The molecule has 2 rings (SSSR count). The van der Waals surface area contributed by atoms with Crippen LogP contribution in [-0.4, -0.2) is 13.5 Å². The molecular formula is C13H10BrF2NO3S. The summed E-state index contributed by atoms with van der Waals surface area (Å²) in [4.78, 5) is -0.684. The van der Waals surface area contributed by atoms with Crippen molar-refractivity contribution in [3.8, 4) is 5.75 Å². The smallest absolute Gasteiger partial charge is 0.265 e. The van der Waals surface area contributed by atoms with Crippen LogP contribution < -0.4 is 4.72 Å². The third-order valence-electron chi connectivity index (χ3n) is 2.69. The molecule has 2 N–H and O–H groups in total. The fraction of sp³-hybridized carbons (Fsp3) is 0.0769. The van der Waals surface area contributed by atoms with Crippen LogP contribution in [0.3, 0.4) is 0 Å². The highest BCUT2D eigenvalue weighted by Crippen LogP contribution is 2.29. The normalized spacial score (nSPS) is 11.4. The predicted molar refractivity (Wildman–Crippen MR) is 77.7 cm³/mol. The zero-order chi connectivity index (χ0) is 15.8. The SMILES string of the molecule is Cc1cc(O)ccc1NS(=O)(=O)c1c(F)cc(F)cc1Br. The summed E-state index contributed by atoms with van der Waals surface area (Å²) in [6.45, 7) is 1.58. The van der Waals surface area contributed by atoms with Gasteiger partial charge in [-0.25, -0.2) is 17.2 Å². The van der Waals surface area contributed by atoms with Crippen molar-refractivity contribution < 1.29 is 22.3 Å². The molecule has 0 saturated carbocycles. The minimum absolute atomic E-state index is 0.0235. The van der Waals surface area contributed by atoms with Crippen LogP contribution in [0.2, 0.25) is 0 Å². The Morgan fingerprint density at radius 2 is 1.86 bits per heavy atom. The molecule has 8 heteroatoms. The van der Waals surface area contributed by atoms with Crippen LogP contribution in [0.5, 0.6) is 5.75 Å². The van der Waals surface area contributed by atoms with E-state index in [4.69, 9.17) is 0 Å². The van der Waals surface area contributed by atoms with E-state index in [1.54, 1.807) is 6.92 Å². The molecule has 112 valence electrons. The molecular weight excluding hydrogens is 368 g/mol. The van der Waals surface area contributed by atoms with Crippen LogP contribution in [0.4, 0.5) is 14.5 Å². The number of aromatic hydroxyl groups is 1. The van der Waals surface area contributed by atoms with Gasteiger partial charge < -0.3 is 5.11 Å². The molecule has 0 aliphatic heterocycles. The fourth-order valence-corrected chi connectivity index (χ4v) is 4.04. The van der Waals surface area contributed by atoms with Gasteiger partial charge in [-0.3, -0.25) is 4.72 Å². The molecule has 0 atom stereocenters. The molecule has 0 heterocycles. The maximum absolute atomic E-state index is 13.7. The fourth-order valence-electron chi connectivity index (χ4n) is 1.74. The number of sulfonamides is 1. The van der Waals surface area contributed by atoms with Crippen LogP contribution in [-0.2, 0) is 10.0 Å². The first-order valence-electron chi connectivity index (χ1n) is 5.67. The van der Waals surface area contributed by atoms with Gasteiger partial charge in [-0.15, -0.1) is 0 Å². The summed E-state index contributed by atoms with van der Waals surface area (Å²) in [5.74, 6) is -2.12. The number of phenols is 1. The van der Waals surface area contributed by atoms with E-state index in [0.29, 0.717) is 11.6 Å². The molecule has 4 nitrogen and oxygen atoms in total. The summed E-state index contributed by atoms with van der Waals surface area (Å²) in [7, 11) is -4.25. The zero-order valence-electron chi connectivity index (χ0n) is 10.7. The highest BCUT2D eigenvalue weighted by atomic mass is 79.9. The Balaban J connectivity index is 2.48. The lowest BCUT2D eigenvalue weighted by atomic mass is 10.2. The van der Waals surface area contributed by atoms with Gasteiger partial charge in [0, 0.05) is 10.5 Å². The van der Waals surface area contributed by atoms with Gasteiger partial charge >= 0.3 is 0 Å². The Morgan fingerprint density at radius 3 is 2.43 bits per heavy atom. The lowest BCUT2D eigenvalue weighted by molar-refractivity contribution is 0.475. The van der Waals surface area contributed by atoms with Crippen molar-refractivity contribution in [3.63, 3.8) is 0 Å². The number of benzene rings is 2. The van der Waals surface area contributed by atoms with Crippen molar-refractivity contribution in [2.75, 3.05) is 4.72 Å². The molecule has 0 fully saturated rings. The van der Waals surface area contributed by atoms with Crippen molar-refractivity contribution in [2.45, 2.75) is 11.8 Å². The second-order valence-electron chi connectivity index (χ2n) is 4.30. The summed E-state index contributed by atoms with van der Waals surface area (Å²) in [6, 6.07) is 5.34. The first-order valence-corrected chi connectivity index (χ1v) is 7.95. The molecule has 0 aliphatic rings.